The number of hydrogen-bond acceptors (Lipinski definition) is 4. The molecule has 0 aliphatic carbocycles. The summed E-state index contributed by atoms with van der Waals surface area (Å²) in [4.78, 5) is 8.40. The third-order valence-corrected chi connectivity index (χ3v) is 2.21. The van der Waals surface area contributed by atoms with Gasteiger partial charge in [-0.15, -0.1) is 11.3 Å². The highest BCUT2D eigenvalue weighted by Gasteiger charge is 2.28. The molecule has 5 heteroatoms. The van der Waals surface area contributed by atoms with Gasteiger partial charge in [-0.25, -0.2) is 9.98 Å². The third-order valence-electron chi connectivity index (χ3n) is 1.63. The first-order valence-corrected chi connectivity index (χ1v) is 6.31. The van der Waals surface area contributed by atoms with Crippen molar-refractivity contribution in [1.29, 1.82) is 0 Å². The van der Waals surface area contributed by atoms with Crippen molar-refractivity contribution >= 4 is 25.1 Å². The van der Waals surface area contributed by atoms with Crippen LogP contribution in [0.25, 0.3) is 0 Å². The average molecular weight is 238 g/mol. The Hall–Kier alpha value is -0.835. The van der Waals surface area contributed by atoms with Crippen LogP contribution in [0.1, 0.15) is 33.4 Å². The van der Waals surface area contributed by atoms with E-state index in [9.17, 15) is 0 Å². The smallest absolute Gasteiger partial charge is 0.236 e. The second kappa shape index (κ2) is 7.44. The number of aliphatic imine (C=N–C) groups is 1. The van der Waals surface area contributed by atoms with E-state index in [0.717, 1.165) is 12.2 Å². The Morgan fingerprint density at radius 2 is 2.00 bits per heavy atom. The SMILES string of the molecule is CC.CC1(C)CN=C(c2cscn2)O1.[B]C. The van der Waals surface area contributed by atoms with Crippen LogP contribution in [0, 0.1) is 0 Å². The highest BCUT2D eigenvalue weighted by Crippen LogP contribution is 2.20. The molecule has 2 heterocycles. The lowest BCUT2D eigenvalue weighted by Gasteiger charge is -2.16. The number of rotatable bonds is 1. The monoisotopic (exact) mass is 238 g/mol. The second-order valence-electron chi connectivity index (χ2n) is 3.36. The van der Waals surface area contributed by atoms with Gasteiger partial charge in [0.15, 0.2) is 0 Å². The standard InChI is InChI=1S/C8H10N2OS.C2H6.CH3B/c1-8(2)4-9-7(11-8)6-3-12-5-10-6;2*1-2/h3,5H,4H2,1-2H3;1-2H3;1H3. The molecule has 3 nitrogen and oxygen atoms in total. The third kappa shape index (κ3) is 4.35. The van der Waals surface area contributed by atoms with Crippen molar-refractivity contribution < 1.29 is 4.74 Å². The summed E-state index contributed by atoms with van der Waals surface area (Å²) in [6, 6.07) is 0. The summed E-state index contributed by atoms with van der Waals surface area (Å²) < 4.78 is 5.59. The van der Waals surface area contributed by atoms with Gasteiger partial charge >= 0.3 is 0 Å². The van der Waals surface area contributed by atoms with Crippen LogP contribution in [-0.4, -0.2) is 30.9 Å². The normalized spacial score (nSPS) is 15.9. The Morgan fingerprint density at radius 1 is 1.38 bits per heavy atom. The fourth-order valence-electron chi connectivity index (χ4n) is 1.04. The Balaban J connectivity index is 0.000000509. The summed E-state index contributed by atoms with van der Waals surface area (Å²) in [5, 5.41) is 1.94. The Kier molecular flexibility index (Phi) is 7.05. The lowest BCUT2D eigenvalue weighted by atomic mass is 10.1. The average Bonchev–Trinajstić information content (AvgIpc) is 2.92. The summed E-state index contributed by atoms with van der Waals surface area (Å²) in [6.45, 7) is 10.3. The predicted molar refractivity (Wildman–Crippen MR) is 71.6 cm³/mol. The summed E-state index contributed by atoms with van der Waals surface area (Å²) in [6.07, 6.45) is 0. The molecular weight excluding hydrogens is 219 g/mol. The highest BCUT2D eigenvalue weighted by atomic mass is 32.1. The van der Waals surface area contributed by atoms with Gasteiger partial charge in [-0.2, -0.15) is 0 Å². The fraction of sp³-hybridized carbons (Fsp3) is 0.636. The van der Waals surface area contributed by atoms with E-state index in [2.05, 4.69) is 17.8 Å². The zero-order valence-corrected chi connectivity index (χ0v) is 11.5. The van der Waals surface area contributed by atoms with Crippen molar-refractivity contribution in [2.45, 2.75) is 40.1 Å². The molecule has 0 saturated carbocycles. The van der Waals surface area contributed by atoms with Gasteiger partial charge in [0.2, 0.25) is 5.90 Å². The molecule has 0 bridgehead atoms. The maximum absolute atomic E-state index is 5.59. The molecule has 2 rings (SSSR count). The molecule has 2 radical (unpaired) electrons. The van der Waals surface area contributed by atoms with Gasteiger partial charge in [0.25, 0.3) is 0 Å². The molecule has 16 heavy (non-hydrogen) atoms. The van der Waals surface area contributed by atoms with Gasteiger partial charge in [0, 0.05) is 5.38 Å². The van der Waals surface area contributed by atoms with E-state index < -0.39 is 0 Å². The van der Waals surface area contributed by atoms with E-state index in [-0.39, 0.29) is 5.60 Å². The molecular formula is C11H19BN2OS. The van der Waals surface area contributed by atoms with Crippen molar-refractivity contribution in [3.05, 3.63) is 16.6 Å². The minimum atomic E-state index is -0.154. The number of nitrogens with zero attached hydrogens (tertiary/aromatic N) is 2. The molecule has 1 aliphatic rings. The molecule has 88 valence electrons. The van der Waals surface area contributed by atoms with Crippen LogP contribution < -0.4 is 0 Å². The first-order chi connectivity index (χ1) is 7.67. The van der Waals surface area contributed by atoms with E-state index in [0.29, 0.717) is 5.90 Å². The summed E-state index contributed by atoms with van der Waals surface area (Å²) >= 11 is 1.55. The van der Waals surface area contributed by atoms with Crippen LogP contribution in [-0.2, 0) is 4.74 Å². The van der Waals surface area contributed by atoms with Gasteiger partial charge < -0.3 is 4.74 Å². The van der Waals surface area contributed by atoms with Crippen LogP contribution >= 0.6 is 11.3 Å². The molecule has 0 amide bonds. The molecule has 0 atom stereocenters. The van der Waals surface area contributed by atoms with Gasteiger partial charge in [-0.3, -0.25) is 0 Å². The summed E-state index contributed by atoms with van der Waals surface area (Å²) in [7, 11) is 4.50. The molecule has 1 aromatic heterocycles. The van der Waals surface area contributed by atoms with E-state index in [1.54, 1.807) is 16.8 Å². The van der Waals surface area contributed by atoms with E-state index in [4.69, 9.17) is 4.74 Å². The quantitative estimate of drug-likeness (QED) is 0.705. The van der Waals surface area contributed by atoms with Crippen molar-refractivity contribution in [1.82, 2.24) is 4.98 Å². The molecule has 0 fully saturated rings. The Labute approximate surface area is 103 Å². The van der Waals surface area contributed by atoms with E-state index >= 15 is 0 Å². The van der Waals surface area contributed by atoms with E-state index in [1.165, 1.54) is 6.82 Å². The molecule has 0 N–H and O–H groups in total. The number of thiazole rings is 1. The van der Waals surface area contributed by atoms with Gasteiger partial charge in [-0.1, -0.05) is 20.7 Å². The maximum atomic E-state index is 5.59. The van der Waals surface area contributed by atoms with Crippen LogP contribution in [0.5, 0.6) is 0 Å². The lowest BCUT2D eigenvalue weighted by Crippen LogP contribution is -2.24. The summed E-state index contributed by atoms with van der Waals surface area (Å²) in [5.74, 6) is 0.682. The Bertz CT molecular complexity index is 310. The van der Waals surface area contributed by atoms with Crippen LogP contribution in [0.15, 0.2) is 15.9 Å². The molecule has 1 aliphatic heterocycles. The molecule has 0 unspecified atom stereocenters. The van der Waals surface area contributed by atoms with Crippen LogP contribution in [0.2, 0.25) is 6.82 Å². The lowest BCUT2D eigenvalue weighted by molar-refractivity contribution is 0.131. The first kappa shape index (κ1) is 15.2. The largest absolute Gasteiger partial charge is 0.468 e. The zero-order valence-electron chi connectivity index (χ0n) is 10.7. The highest BCUT2D eigenvalue weighted by molar-refractivity contribution is 7.07. The van der Waals surface area contributed by atoms with Gasteiger partial charge in [-0.05, 0) is 13.8 Å². The minimum absolute atomic E-state index is 0.154. The predicted octanol–water partition coefficient (Wildman–Crippen LogP) is 2.93. The fourth-order valence-corrected chi connectivity index (χ4v) is 1.57. The van der Waals surface area contributed by atoms with Crippen molar-refractivity contribution in [2.75, 3.05) is 6.54 Å². The molecule has 1 aromatic rings. The summed E-state index contributed by atoms with van der Waals surface area (Å²) in [5.41, 5.74) is 2.48. The Morgan fingerprint density at radius 3 is 2.38 bits per heavy atom. The number of ether oxygens (including phenoxy) is 1. The second-order valence-corrected chi connectivity index (χ2v) is 4.08. The van der Waals surface area contributed by atoms with Gasteiger partial charge in [0.1, 0.15) is 11.3 Å². The van der Waals surface area contributed by atoms with Crippen LogP contribution in [0.3, 0.4) is 0 Å². The van der Waals surface area contributed by atoms with Crippen LogP contribution in [0.4, 0.5) is 0 Å². The first-order valence-electron chi connectivity index (χ1n) is 5.37. The number of hydrogen-bond donors (Lipinski definition) is 0. The number of aromatic nitrogens is 1. The van der Waals surface area contributed by atoms with Crippen molar-refractivity contribution in [3.8, 4) is 0 Å². The molecule has 0 spiro atoms. The zero-order chi connectivity index (χ0) is 12.6. The van der Waals surface area contributed by atoms with E-state index in [1.807, 2.05) is 33.1 Å². The van der Waals surface area contributed by atoms with Gasteiger partial charge in [0.05, 0.1) is 19.9 Å². The topological polar surface area (TPSA) is 34.5 Å². The van der Waals surface area contributed by atoms with Crippen molar-refractivity contribution in [3.63, 3.8) is 0 Å². The maximum Gasteiger partial charge on any atom is 0.236 e. The molecule has 0 aromatic carbocycles. The van der Waals surface area contributed by atoms with Crippen molar-refractivity contribution in [2.24, 2.45) is 4.99 Å². The molecule has 0 saturated heterocycles. The minimum Gasteiger partial charge on any atom is -0.468 e.